The van der Waals surface area contributed by atoms with E-state index in [1.165, 1.54) is 11.3 Å². The van der Waals surface area contributed by atoms with Crippen LogP contribution in [0.5, 0.6) is 0 Å². The molecule has 154 valence electrons. The number of rotatable bonds is 6. The van der Waals surface area contributed by atoms with Crippen LogP contribution >= 0.6 is 11.3 Å². The molecule has 1 aromatic heterocycles. The summed E-state index contributed by atoms with van der Waals surface area (Å²) in [6, 6.07) is 9.84. The van der Waals surface area contributed by atoms with Gasteiger partial charge in [0.2, 0.25) is 0 Å². The highest BCUT2D eigenvalue weighted by molar-refractivity contribution is 7.17. The Morgan fingerprint density at radius 3 is 2.97 bits per heavy atom. The van der Waals surface area contributed by atoms with Gasteiger partial charge in [0.15, 0.2) is 5.13 Å². The fourth-order valence-electron chi connectivity index (χ4n) is 3.22. The molecule has 0 bridgehead atoms. The third-order valence-corrected chi connectivity index (χ3v) is 5.98. The number of thiazole rings is 1. The topological polar surface area (TPSA) is 63.7 Å². The third-order valence-electron chi connectivity index (χ3n) is 4.81. The highest BCUT2D eigenvalue weighted by Gasteiger charge is 2.21. The summed E-state index contributed by atoms with van der Waals surface area (Å²) in [4.78, 5) is 19.8. The summed E-state index contributed by atoms with van der Waals surface area (Å²) in [6.45, 7) is 2.34. The Bertz CT molecular complexity index is 1050. The van der Waals surface area contributed by atoms with Crippen molar-refractivity contribution in [1.29, 1.82) is 0 Å². The van der Waals surface area contributed by atoms with Crippen molar-refractivity contribution in [2.75, 3.05) is 12.0 Å². The smallest absolute Gasteiger partial charge is 0.263 e. The van der Waals surface area contributed by atoms with Gasteiger partial charge in [-0.3, -0.25) is 9.69 Å². The molecule has 0 spiro atoms. The summed E-state index contributed by atoms with van der Waals surface area (Å²) in [5, 5.41) is 3.69. The number of amides is 1. The van der Waals surface area contributed by atoms with Gasteiger partial charge >= 0.3 is 0 Å². The zero-order valence-corrected chi connectivity index (χ0v) is 17.7. The molecule has 1 N–H and O–H groups in total. The highest BCUT2D eigenvalue weighted by Crippen LogP contribution is 2.32. The molecule has 2 aliphatic rings. The fourth-order valence-corrected chi connectivity index (χ4v) is 4.16. The Morgan fingerprint density at radius 2 is 2.17 bits per heavy atom. The second-order valence-electron chi connectivity index (χ2n) is 6.90. The van der Waals surface area contributed by atoms with Crippen molar-refractivity contribution < 1.29 is 14.3 Å². The van der Waals surface area contributed by atoms with Gasteiger partial charge in [-0.05, 0) is 37.5 Å². The fraction of sp³-hybridized carbons (Fsp3) is 0.217. The Balaban J connectivity index is 1.49. The van der Waals surface area contributed by atoms with Crippen molar-refractivity contribution in [3.8, 4) is 0 Å². The number of ether oxygens (including phenoxy) is 2. The van der Waals surface area contributed by atoms with E-state index < -0.39 is 0 Å². The van der Waals surface area contributed by atoms with Crippen LogP contribution in [0.15, 0.2) is 78.2 Å². The zero-order valence-electron chi connectivity index (χ0n) is 16.9. The van der Waals surface area contributed by atoms with Gasteiger partial charge in [-0.1, -0.05) is 41.7 Å². The van der Waals surface area contributed by atoms with Gasteiger partial charge in [0, 0.05) is 18.3 Å². The predicted molar refractivity (Wildman–Crippen MR) is 118 cm³/mol. The predicted octanol–water partition coefficient (Wildman–Crippen LogP) is 4.78. The van der Waals surface area contributed by atoms with Crippen LogP contribution in [0.2, 0.25) is 0 Å². The maximum Gasteiger partial charge on any atom is 0.263 e. The molecule has 1 aliphatic carbocycles. The lowest BCUT2D eigenvalue weighted by Crippen LogP contribution is -2.22. The first-order valence-corrected chi connectivity index (χ1v) is 10.5. The second kappa shape index (κ2) is 9.00. The van der Waals surface area contributed by atoms with E-state index in [9.17, 15) is 4.79 Å². The van der Waals surface area contributed by atoms with Crippen LogP contribution in [0, 0.1) is 6.92 Å². The normalized spacial score (nSPS) is 15.7. The summed E-state index contributed by atoms with van der Waals surface area (Å²) >= 11 is 1.36. The largest absolute Gasteiger partial charge is 0.497 e. The van der Waals surface area contributed by atoms with Crippen LogP contribution in [0.25, 0.3) is 0 Å². The van der Waals surface area contributed by atoms with E-state index in [1.807, 2.05) is 54.4 Å². The molecule has 4 rings (SSSR count). The summed E-state index contributed by atoms with van der Waals surface area (Å²) in [5.41, 5.74) is 2.83. The Labute approximate surface area is 179 Å². The average Bonchev–Trinajstić information content (AvgIpc) is 3.20. The molecule has 2 heterocycles. The van der Waals surface area contributed by atoms with E-state index in [1.54, 1.807) is 19.6 Å². The van der Waals surface area contributed by atoms with Crippen LogP contribution in [0.4, 0.5) is 5.13 Å². The van der Waals surface area contributed by atoms with E-state index >= 15 is 0 Å². The van der Waals surface area contributed by atoms with Gasteiger partial charge in [0.05, 0.1) is 19.0 Å². The Kier molecular flexibility index (Phi) is 5.99. The monoisotopic (exact) mass is 421 g/mol. The quantitative estimate of drug-likeness (QED) is 0.727. The van der Waals surface area contributed by atoms with Crippen LogP contribution in [0.3, 0.4) is 0 Å². The number of anilines is 1. The molecule has 7 heteroatoms. The first-order chi connectivity index (χ1) is 14.6. The molecule has 0 saturated heterocycles. The number of allylic oxidation sites excluding steroid dienone is 3. The van der Waals surface area contributed by atoms with Crippen molar-refractivity contribution in [2.24, 2.45) is 0 Å². The molecule has 1 aliphatic heterocycles. The lowest BCUT2D eigenvalue weighted by Gasteiger charge is -2.22. The number of hydrogen-bond acceptors (Lipinski definition) is 6. The zero-order chi connectivity index (χ0) is 20.9. The van der Waals surface area contributed by atoms with Crippen molar-refractivity contribution in [3.05, 3.63) is 94.4 Å². The van der Waals surface area contributed by atoms with Gasteiger partial charge < -0.3 is 14.8 Å². The minimum absolute atomic E-state index is 0.119. The van der Waals surface area contributed by atoms with Gasteiger partial charge in [-0.2, -0.15) is 0 Å². The molecule has 1 aromatic carbocycles. The molecular formula is C23H23N3O3S. The van der Waals surface area contributed by atoms with E-state index in [4.69, 9.17) is 9.47 Å². The second-order valence-corrected chi connectivity index (χ2v) is 7.88. The standard InChI is InChI=1S/C23H23N3O3S/c1-16-21(22(27)24-14-17-7-4-3-5-8-17)30-23(25-16)26-11-12-29-20(15-26)18-9-6-10-19(13-18)28-2/h3-5,7-8,10-13,15H,6,9,14H2,1-2H3,(H,24,27). The molecule has 1 amide bonds. The summed E-state index contributed by atoms with van der Waals surface area (Å²) < 4.78 is 11.1. The van der Waals surface area contributed by atoms with Crippen molar-refractivity contribution in [2.45, 2.75) is 26.3 Å². The molecule has 6 nitrogen and oxygen atoms in total. The number of carbonyl (C=O) groups is 1. The lowest BCUT2D eigenvalue weighted by molar-refractivity contribution is 0.0954. The molecule has 0 unspecified atom stereocenters. The van der Waals surface area contributed by atoms with Crippen molar-refractivity contribution in [3.63, 3.8) is 0 Å². The maximum absolute atomic E-state index is 12.7. The minimum Gasteiger partial charge on any atom is -0.497 e. The molecule has 30 heavy (non-hydrogen) atoms. The van der Waals surface area contributed by atoms with Crippen molar-refractivity contribution >= 4 is 22.4 Å². The van der Waals surface area contributed by atoms with E-state index in [-0.39, 0.29) is 5.91 Å². The molecule has 2 aromatic rings. The van der Waals surface area contributed by atoms with Crippen molar-refractivity contribution in [1.82, 2.24) is 10.3 Å². The number of nitrogens with one attached hydrogen (secondary N) is 1. The number of hydrogen-bond donors (Lipinski definition) is 1. The third kappa shape index (κ3) is 4.46. The summed E-state index contributed by atoms with van der Waals surface area (Å²) in [5.74, 6) is 1.47. The van der Waals surface area contributed by atoms with Crippen LogP contribution < -0.4 is 10.2 Å². The molecule has 0 radical (unpaired) electrons. The number of methoxy groups -OCH3 is 1. The number of aromatic nitrogens is 1. The summed E-state index contributed by atoms with van der Waals surface area (Å²) in [7, 11) is 1.66. The first kappa shape index (κ1) is 20.0. The molecular weight excluding hydrogens is 398 g/mol. The Hall–Kier alpha value is -3.32. The number of aryl methyl sites for hydroxylation is 1. The van der Waals surface area contributed by atoms with E-state index in [0.29, 0.717) is 22.2 Å². The maximum atomic E-state index is 12.7. The highest BCUT2D eigenvalue weighted by atomic mass is 32.1. The number of benzene rings is 1. The average molecular weight is 422 g/mol. The molecule has 0 atom stereocenters. The van der Waals surface area contributed by atoms with E-state index in [0.717, 1.165) is 35.5 Å². The van der Waals surface area contributed by atoms with Gasteiger partial charge in [0.25, 0.3) is 5.91 Å². The Morgan fingerprint density at radius 1 is 1.33 bits per heavy atom. The molecule has 0 saturated carbocycles. The van der Waals surface area contributed by atoms with Crippen LogP contribution in [-0.4, -0.2) is 18.0 Å². The van der Waals surface area contributed by atoms with Gasteiger partial charge in [0.1, 0.15) is 22.7 Å². The van der Waals surface area contributed by atoms with Crippen LogP contribution in [-0.2, 0) is 16.0 Å². The van der Waals surface area contributed by atoms with Crippen LogP contribution in [0.1, 0.15) is 33.8 Å². The minimum atomic E-state index is -0.119. The summed E-state index contributed by atoms with van der Waals surface area (Å²) in [6.07, 6.45) is 11.2. The number of nitrogens with zero attached hydrogens (tertiary/aromatic N) is 2. The van der Waals surface area contributed by atoms with Gasteiger partial charge in [-0.25, -0.2) is 4.98 Å². The SMILES string of the molecule is COC1=CCCC(C2=CN(c3nc(C)c(C(=O)NCc4ccccc4)s3)C=CO2)=C1. The number of carbonyl (C=O) groups excluding carboxylic acids is 1. The van der Waals surface area contributed by atoms with Gasteiger partial charge in [-0.15, -0.1) is 0 Å². The first-order valence-electron chi connectivity index (χ1n) is 9.72. The lowest BCUT2D eigenvalue weighted by atomic mass is 10.0. The van der Waals surface area contributed by atoms with E-state index in [2.05, 4.69) is 16.4 Å². The molecule has 0 fully saturated rings.